The van der Waals surface area contributed by atoms with Crippen LogP contribution in [0.3, 0.4) is 0 Å². The molecule has 0 fully saturated rings. The lowest BCUT2D eigenvalue weighted by Gasteiger charge is -1.96. The molecule has 98 valence electrons. The van der Waals surface area contributed by atoms with Crippen molar-refractivity contribution in [2.45, 2.75) is 39.5 Å². The van der Waals surface area contributed by atoms with Gasteiger partial charge in [-0.2, -0.15) is 10.9 Å². The molecule has 0 aliphatic rings. The number of hydrogen-bond acceptors (Lipinski definition) is 2. The van der Waals surface area contributed by atoms with Gasteiger partial charge in [-0.05, 0) is 12.8 Å². The summed E-state index contributed by atoms with van der Waals surface area (Å²) in [5, 5.41) is 0. The molecule has 1 aromatic rings. The fourth-order valence-corrected chi connectivity index (χ4v) is 1.34. The second-order valence-electron chi connectivity index (χ2n) is 3.88. The third-order valence-corrected chi connectivity index (χ3v) is 2.33. The smallest absolute Gasteiger partial charge is 0.473 e. The van der Waals surface area contributed by atoms with E-state index >= 15 is 0 Å². The van der Waals surface area contributed by atoms with Crippen LogP contribution in [0.1, 0.15) is 39.5 Å². The quantitative estimate of drug-likeness (QED) is 0.382. The Morgan fingerprint density at radius 3 is 1.82 bits per heavy atom. The Morgan fingerprint density at radius 1 is 0.941 bits per heavy atom. The average molecular weight is 262 g/mol. The van der Waals surface area contributed by atoms with Crippen LogP contribution in [-0.4, -0.2) is 13.1 Å². The fraction of sp³-hybridized carbons (Fsp3) is 0.727. The molecule has 1 heterocycles. The number of rotatable bonds is 8. The Hall–Kier alpha value is -1.10. The molecular weight excluding hydrogens is 238 g/mol. The second kappa shape index (κ2) is 10.1. The minimum Gasteiger partial charge on any atom is -1.00 e. The number of nitrogens with one attached hydrogen (secondary N) is 3. The van der Waals surface area contributed by atoms with E-state index in [0.29, 0.717) is 0 Å². The third kappa shape index (κ3) is 6.94. The average Bonchev–Trinajstić information content (AvgIpc) is 2.30. The zero-order chi connectivity index (χ0) is 11.6. The normalized spacial score (nSPS) is 9.53. The molecule has 0 saturated heterocycles. The molecule has 6 heteroatoms. The van der Waals surface area contributed by atoms with Crippen LogP contribution in [0.4, 0.5) is 0 Å². The molecule has 1 aromatic heterocycles. The van der Waals surface area contributed by atoms with Crippen molar-refractivity contribution >= 4 is 0 Å². The van der Waals surface area contributed by atoms with Crippen LogP contribution in [0.25, 0.3) is 0 Å². The molecule has 0 saturated carbocycles. The molecular formula is C11H24ClN5+2. The molecule has 0 spiro atoms. The van der Waals surface area contributed by atoms with E-state index in [9.17, 15) is 0 Å². The molecule has 0 atom stereocenters. The largest absolute Gasteiger partial charge is 1.00 e. The summed E-state index contributed by atoms with van der Waals surface area (Å²) in [5.41, 5.74) is 6.60. The van der Waals surface area contributed by atoms with Crippen LogP contribution < -0.4 is 37.6 Å². The highest BCUT2D eigenvalue weighted by Crippen LogP contribution is 1.81. The Labute approximate surface area is 110 Å². The molecule has 0 aliphatic heterocycles. The van der Waals surface area contributed by atoms with Crippen molar-refractivity contribution in [2.24, 2.45) is 0 Å². The summed E-state index contributed by atoms with van der Waals surface area (Å²) in [7, 11) is 0. The van der Waals surface area contributed by atoms with E-state index in [1.165, 1.54) is 25.7 Å². The van der Waals surface area contributed by atoms with Crippen LogP contribution in [0.15, 0.2) is 19.0 Å². The zero-order valence-corrected chi connectivity index (χ0v) is 11.5. The predicted octanol–water partition coefficient (Wildman–Crippen LogP) is -3.23. The SMILES string of the molecule is CCCCN[n+]1c[nH+]c[n+](NCCCC)c1.[Cl-]. The van der Waals surface area contributed by atoms with E-state index < -0.39 is 0 Å². The monoisotopic (exact) mass is 261 g/mol. The predicted molar refractivity (Wildman–Crippen MR) is 61.7 cm³/mol. The lowest BCUT2D eigenvalue weighted by Crippen LogP contribution is -3.00. The van der Waals surface area contributed by atoms with Crippen LogP contribution in [-0.2, 0) is 0 Å². The summed E-state index contributed by atoms with van der Waals surface area (Å²) in [6.07, 6.45) is 10.6. The molecule has 0 amide bonds. The number of aromatic amines is 1. The van der Waals surface area contributed by atoms with Crippen molar-refractivity contribution in [3.05, 3.63) is 19.0 Å². The van der Waals surface area contributed by atoms with E-state index in [0.717, 1.165) is 13.1 Å². The molecule has 5 nitrogen and oxygen atoms in total. The Morgan fingerprint density at radius 2 is 1.41 bits per heavy atom. The summed E-state index contributed by atoms with van der Waals surface area (Å²) in [6.45, 7) is 6.37. The first-order chi connectivity index (χ1) is 7.86. The lowest BCUT2D eigenvalue weighted by atomic mass is 10.3. The number of H-pyrrole nitrogens is 1. The van der Waals surface area contributed by atoms with Gasteiger partial charge in [0.2, 0.25) is 0 Å². The van der Waals surface area contributed by atoms with E-state index in [-0.39, 0.29) is 12.4 Å². The lowest BCUT2D eigenvalue weighted by molar-refractivity contribution is -0.851. The van der Waals surface area contributed by atoms with Gasteiger partial charge in [-0.3, -0.25) is 0 Å². The Kier molecular flexibility index (Phi) is 9.43. The van der Waals surface area contributed by atoms with Crippen LogP contribution >= 0.6 is 0 Å². The van der Waals surface area contributed by atoms with Crippen LogP contribution in [0.2, 0.25) is 0 Å². The Balaban J connectivity index is 0.00000256. The molecule has 0 aliphatic carbocycles. The van der Waals surface area contributed by atoms with Gasteiger partial charge in [0.15, 0.2) is 0 Å². The second-order valence-corrected chi connectivity index (χ2v) is 3.88. The molecule has 0 unspecified atom stereocenters. The van der Waals surface area contributed by atoms with Gasteiger partial charge in [0.25, 0.3) is 0 Å². The molecule has 3 N–H and O–H groups in total. The Bertz CT molecular complexity index is 270. The summed E-state index contributed by atoms with van der Waals surface area (Å²) in [5.74, 6) is 0. The van der Waals surface area contributed by atoms with E-state index in [1.54, 1.807) is 0 Å². The summed E-state index contributed by atoms with van der Waals surface area (Å²) in [4.78, 5) is 3.08. The molecule has 1 rings (SSSR count). The molecule has 0 radical (unpaired) electrons. The van der Waals surface area contributed by atoms with Gasteiger partial charge in [-0.25, -0.2) is 0 Å². The summed E-state index contributed by atoms with van der Waals surface area (Å²) >= 11 is 0. The maximum absolute atomic E-state index is 3.30. The maximum atomic E-state index is 3.30. The third-order valence-electron chi connectivity index (χ3n) is 2.33. The number of unbranched alkanes of at least 4 members (excludes halogenated alkanes) is 2. The van der Waals surface area contributed by atoms with Crippen molar-refractivity contribution in [1.82, 2.24) is 0 Å². The van der Waals surface area contributed by atoms with Gasteiger partial charge in [0, 0.05) is 9.35 Å². The fourth-order valence-electron chi connectivity index (χ4n) is 1.34. The summed E-state index contributed by atoms with van der Waals surface area (Å²) in [6, 6.07) is 0. The van der Waals surface area contributed by atoms with Gasteiger partial charge in [0.1, 0.15) is 0 Å². The topological polar surface area (TPSA) is 46.0 Å². The van der Waals surface area contributed by atoms with Crippen LogP contribution in [0.5, 0.6) is 0 Å². The van der Waals surface area contributed by atoms with Gasteiger partial charge in [-0.15, -0.1) is 0 Å². The maximum Gasteiger partial charge on any atom is 0.473 e. The first kappa shape index (κ1) is 15.9. The number of halogens is 1. The minimum atomic E-state index is 0. The van der Waals surface area contributed by atoms with Gasteiger partial charge >= 0.3 is 19.0 Å². The highest BCUT2D eigenvalue weighted by Gasteiger charge is 2.12. The number of nitrogens with zero attached hydrogens (tertiary/aromatic N) is 2. The van der Waals surface area contributed by atoms with Crippen molar-refractivity contribution in [2.75, 3.05) is 23.9 Å². The van der Waals surface area contributed by atoms with E-state index in [2.05, 4.69) is 29.7 Å². The summed E-state index contributed by atoms with van der Waals surface area (Å²) < 4.78 is 3.88. The van der Waals surface area contributed by atoms with Gasteiger partial charge in [0.05, 0.1) is 13.1 Å². The highest BCUT2D eigenvalue weighted by molar-refractivity contribution is 4.48. The van der Waals surface area contributed by atoms with Gasteiger partial charge in [-0.1, -0.05) is 31.7 Å². The first-order valence-electron chi connectivity index (χ1n) is 6.18. The van der Waals surface area contributed by atoms with Crippen molar-refractivity contribution in [3.8, 4) is 0 Å². The standard InChI is InChI=1S/C11H23N5.ClH/c1-3-5-7-13-15-9-12-10-16(11-15)14-8-6-4-2;/h9-11,13-14H,3-8H2,1-2H3;1H/q+2;. The minimum absolute atomic E-state index is 0. The van der Waals surface area contributed by atoms with Crippen molar-refractivity contribution in [1.29, 1.82) is 0 Å². The number of aromatic nitrogens is 3. The zero-order valence-electron chi connectivity index (χ0n) is 10.7. The number of hydrogen-bond donors (Lipinski definition) is 2. The van der Waals surface area contributed by atoms with Crippen molar-refractivity contribution < 1.29 is 26.7 Å². The van der Waals surface area contributed by atoms with Crippen LogP contribution in [0, 0.1) is 0 Å². The molecule has 17 heavy (non-hydrogen) atoms. The molecule has 0 aromatic carbocycles. The van der Waals surface area contributed by atoms with Gasteiger partial charge < -0.3 is 12.4 Å². The highest BCUT2D eigenvalue weighted by atomic mass is 35.5. The van der Waals surface area contributed by atoms with E-state index in [1.807, 2.05) is 28.3 Å². The van der Waals surface area contributed by atoms with E-state index in [4.69, 9.17) is 0 Å². The van der Waals surface area contributed by atoms with Crippen molar-refractivity contribution in [3.63, 3.8) is 0 Å². The molecule has 0 bridgehead atoms. The first-order valence-corrected chi connectivity index (χ1v) is 6.18.